The van der Waals surface area contributed by atoms with Gasteiger partial charge in [-0.05, 0) is 49.6 Å². The smallest absolute Gasteiger partial charge is 0.332 e. The van der Waals surface area contributed by atoms with E-state index in [4.69, 9.17) is 4.74 Å². The fourth-order valence-corrected chi connectivity index (χ4v) is 7.16. The molecule has 0 unspecified atom stereocenters. The summed E-state index contributed by atoms with van der Waals surface area (Å²) in [4.78, 5) is 0.453. The maximum atomic E-state index is 14.7. The molecule has 38 heavy (non-hydrogen) atoms. The van der Waals surface area contributed by atoms with E-state index in [9.17, 15) is 25.3 Å². The van der Waals surface area contributed by atoms with E-state index in [1.165, 1.54) is 6.07 Å². The van der Waals surface area contributed by atoms with Crippen LogP contribution in [-0.2, 0) is 33.2 Å². The summed E-state index contributed by atoms with van der Waals surface area (Å²) in [5.74, 6) is 1.17. The van der Waals surface area contributed by atoms with Crippen molar-refractivity contribution in [1.82, 2.24) is 4.58 Å². The second-order valence-corrected chi connectivity index (χ2v) is 12.7. The molecule has 198 valence electrons. The Hall–Kier alpha value is -3.28. The highest BCUT2D eigenvalue weighted by atomic mass is 32.3. The monoisotopic (exact) mass is 556 g/mol. The molecule has 0 radical (unpaired) electrons. The highest BCUT2D eigenvalue weighted by molar-refractivity contribution is 7.87. The second kappa shape index (κ2) is 8.62. The number of anilines is 1. The molecule has 0 saturated heterocycles. The van der Waals surface area contributed by atoms with Gasteiger partial charge < -0.3 is 14.2 Å². The van der Waals surface area contributed by atoms with Crippen molar-refractivity contribution in [3.63, 3.8) is 0 Å². The van der Waals surface area contributed by atoms with Crippen LogP contribution in [0.5, 0.6) is 11.5 Å². The number of ether oxygens (including phenoxy) is 1. The molecule has 6 rings (SSSR count). The molecule has 11 heteroatoms. The lowest BCUT2D eigenvalue weighted by molar-refractivity contribution is 0.448. The van der Waals surface area contributed by atoms with Crippen LogP contribution in [0.4, 0.5) is 9.57 Å². The SMILES string of the molecule is CN1CCCc2c1ccc1c2Oc2c3c(ccc2=C1c1ccc(S(=O)(=O)[O-])cc1S(=O)(=O)F)=[N+](C)CCC3. The summed E-state index contributed by atoms with van der Waals surface area (Å²) >= 11 is 0. The molecule has 0 atom stereocenters. The molecule has 0 saturated carbocycles. The quantitative estimate of drug-likeness (QED) is 0.216. The van der Waals surface area contributed by atoms with Gasteiger partial charge in [-0.2, -0.15) is 8.42 Å². The van der Waals surface area contributed by atoms with Crippen LogP contribution < -0.4 is 24.8 Å². The van der Waals surface area contributed by atoms with Crippen molar-refractivity contribution in [1.29, 1.82) is 0 Å². The number of nitrogens with zero attached hydrogens (tertiary/aromatic N) is 2. The van der Waals surface area contributed by atoms with E-state index in [0.29, 0.717) is 33.9 Å². The summed E-state index contributed by atoms with van der Waals surface area (Å²) in [5.41, 5.74) is 3.93. The second-order valence-electron chi connectivity index (χ2n) is 9.96. The van der Waals surface area contributed by atoms with Crippen LogP contribution in [0.25, 0.3) is 5.57 Å². The maximum Gasteiger partial charge on any atom is 0.332 e. The van der Waals surface area contributed by atoms with Gasteiger partial charge in [0.05, 0.1) is 10.5 Å². The standard InChI is InChI=1S/C27H25FN2O6S2/c1-29-13-3-5-17-22(29)11-9-20-25(19-8-7-16(38(33,34)35)15-24(19)37(28,31)32)21-10-12-23-18(6-4-14-30(23)2)27(21)36-26(17)20/h7-12,15H,3-6,13-14H2,1-2H3. The van der Waals surface area contributed by atoms with Crippen LogP contribution in [-0.4, -0.2) is 48.6 Å². The van der Waals surface area contributed by atoms with Crippen LogP contribution in [0.3, 0.4) is 0 Å². The molecule has 8 nitrogen and oxygen atoms in total. The summed E-state index contributed by atoms with van der Waals surface area (Å²) < 4.78 is 83.2. The summed E-state index contributed by atoms with van der Waals surface area (Å²) in [6, 6.07) is 10.4. The summed E-state index contributed by atoms with van der Waals surface area (Å²) in [6.07, 6.45) is 3.31. The predicted octanol–water partition coefficient (Wildman–Crippen LogP) is 2.05. The molecule has 3 aromatic carbocycles. The summed E-state index contributed by atoms with van der Waals surface area (Å²) in [7, 11) is -6.42. The van der Waals surface area contributed by atoms with E-state index in [0.717, 1.165) is 67.0 Å². The average Bonchev–Trinajstić information content (AvgIpc) is 2.86. The average molecular weight is 557 g/mol. The van der Waals surface area contributed by atoms with E-state index in [1.807, 2.05) is 38.4 Å². The molecule has 0 spiro atoms. The van der Waals surface area contributed by atoms with E-state index in [-0.39, 0.29) is 5.56 Å². The van der Waals surface area contributed by atoms with Crippen molar-refractivity contribution < 1.29 is 30.0 Å². The van der Waals surface area contributed by atoms with Crippen LogP contribution in [0, 0.1) is 0 Å². The van der Waals surface area contributed by atoms with Gasteiger partial charge in [0, 0.05) is 59.2 Å². The lowest BCUT2D eigenvalue weighted by atomic mass is 9.87. The maximum absolute atomic E-state index is 14.7. The number of fused-ring (bicyclic) bond motifs is 6. The van der Waals surface area contributed by atoms with Gasteiger partial charge in [0.25, 0.3) is 0 Å². The van der Waals surface area contributed by atoms with Gasteiger partial charge in [-0.25, -0.2) is 13.0 Å². The Morgan fingerprint density at radius 1 is 0.947 bits per heavy atom. The van der Waals surface area contributed by atoms with Crippen LogP contribution in [0.15, 0.2) is 52.3 Å². The van der Waals surface area contributed by atoms with Gasteiger partial charge in [0.2, 0.25) is 5.36 Å². The molecular formula is C27H25FN2O6S2. The molecule has 0 N–H and O–H groups in total. The lowest BCUT2D eigenvalue weighted by Gasteiger charge is -2.32. The minimum absolute atomic E-state index is 0.0288. The molecule has 0 aromatic heterocycles. The normalized spacial score (nSPS) is 16.8. The molecule has 3 aromatic rings. The molecule has 3 aliphatic heterocycles. The highest BCUT2D eigenvalue weighted by Crippen LogP contribution is 2.45. The van der Waals surface area contributed by atoms with Crippen LogP contribution >= 0.6 is 0 Å². The number of hydrogen-bond donors (Lipinski definition) is 0. The summed E-state index contributed by atoms with van der Waals surface area (Å²) in [6.45, 7) is 1.77. The third-order valence-corrected chi connectivity index (χ3v) is 9.35. The molecule has 0 bridgehead atoms. The molecule has 3 heterocycles. The Morgan fingerprint density at radius 2 is 1.68 bits per heavy atom. The highest BCUT2D eigenvalue weighted by Gasteiger charge is 2.33. The first kappa shape index (κ1) is 25.0. The van der Waals surface area contributed by atoms with Gasteiger partial charge in [0.1, 0.15) is 40.1 Å². The van der Waals surface area contributed by atoms with Crippen molar-refractivity contribution in [2.24, 2.45) is 0 Å². The first-order valence-corrected chi connectivity index (χ1v) is 15.1. The number of rotatable bonds is 3. The molecule has 0 fully saturated rings. The minimum atomic E-state index is -5.40. The third-order valence-electron chi connectivity index (χ3n) is 7.65. The van der Waals surface area contributed by atoms with Gasteiger partial charge in [-0.15, -0.1) is 3.89 Å². The zero-order valence-electron chi connectivity index (χ0n) is 20.8. The number of halogens is 1. The minimum Gasteiger partial charge on any atom is -0.744 e. The number of benzene rings is 3. The first-order valence-electron chi connectivity index (χ1n) is 12.3. The van der Waals surface area contributed by atoms with Gasteiger partial charge in [-0.1, -0.05) is 6.07 Å². The Labute approximate surface area is 220 Å². The van der Waals surface area contributed by atoms with Gasteiger partial charge in [0.15, 0.2) is 0 Å². The molecule has 0 aliphatic carbocycles. The van der Waals surface area contributed by atoms with Crippen molar-refractivity contribution in [3.8, 4) is 11.5 Å². The van der Waals surface area contributed by atoms with E-state index < -0.39 is 30.1 Å². The van der Waals surface area contributed by atoms with Crippen molar-refractivity contribution >= 4 is 31.6 Å². The third kappa shape index (κ3) is 3.91. The predicted molar refractivity (Wildman–Crippen MR) is 138 cm³/mol. The lowest BCUT2D eigenvalue weighted by Crippen LogP contribution is -2.37. The summed E-state index contributed by atoms with van der Waals surface area (Å²) in [5, 5.41) is 1.59. The van der Waals surface area contributed by atoms with Gasteiger partial charge in [-0.3, -0.25) is 0 Å². The van der Waals surface area contributed by atoms with Crippen molar-refractivity contribution in [2.45, 2.75) is 35.5 Å². The molecular weight excluding hydrogens is 531 g/mol. The largest absolute Gasteiger partial charge is 0.744 e. The van der Waals surface area contributed by atoms with Crippen molar-refractivity contribution in [2.75, 3.05) is 32.1 Å². The van der Waals surface area contributed by atoms with E-state index >= 15 is 0 Å². The molecule has 3 aliphatic rings. The Bertz CT molecular complexity index is 1890. The fourth-order valence-electron chi connectivity index (χ4n) is 5.89. The zero-order valence-corrected chi connectivity index (χ0v) is 22.5. The Morgan fingerprint density at radius 3 is 2.42 bits per heavy atom. The van der Waals surface area contributed by atoms with Crippen LogP contribution in [0.1, 0.15) is 35.1 Å². The Kier molecular flexibility index (Phi) is 5.68. The first-order chi connectivity index (χ1) is 17.9. The fraction of sp³-hybridized carbons (Fsp3) is 0.296. The Balaban J connectivity index is 1.78. The van der Waals surface area contributed by atoms with E-state index in [1.54, 1.807) is 0 Å². The van der Waals surface area contributed by atoms with Gasteiger partial charge >= 0.3 is 10.2 Å². The topological polar surface area (TPSA) is 107 Å². The number of hydrogen-bond acceptors (Lipinski definition) is 7. The van der Waals surface area contributed by atoms with E-state index in [2.05, 4.69) is 9.48 Å². The zero-order chi connectivity index (χ0) is 27.0. The van der Waals surface area contributed by atoms with Crippen LogP contribution in [0.2, 0.25) is 0 Å². The molecule has 0 amide bonds. The van der Waals surface area contributed by atoms with Crippen molar-refractivity contribution in [3.05, 3.63) is 75.3 Å².